The highest BCUT2D eigenvalue weighted by Crippen LogP contribution is 2.32. The number of halogens is 1. The Balaban J connectivity index is 1.40. The van der Waals surface area contributed by atoms with E-state index in [4.69, 9.17) is 14.6 Å². The van der Waals surface area contributed by atoms with Gasteiger partial charge in [-0.05, 0) is 99.9 Å². The first kappa shape index (κ1) is 32.3. The highest BCUT2D eigenvalue weighted by molar-refractivity contribution is 5.95. The van der Waals surface area contributed by atoms with E-state index in [1.807, 2.05) is 30.3 Å². The Bertz CT molecular complexity index is 1650. The summed E-state index contributed by atoms with van der Waals surface area (Å²) in [4.78, 5) is 22.7. The topological polar surface area (TPSA) is 98.0 Å². The van der Waals surface area contributed by atoms with E-state index in [1.165, 1.54) is 17.7 Å². The number of benzene rings is 3. The lowest BCUT2D eigenvalue weighted by Crippen LogP contribution is -2.10. The molecule has 8 heteroatoms. The van der Waals surface area contributed by atoms with Crippen LogP contribution in [0.4, 0.5) is 4.39 Å². The van der Waals surface area contributed by atoms with Crippen molar-refractivity contribution in [3.63, 3.8) is 0 Å². The third-order valence-corrected chi connectivity index (χ3v) is 7.65. The lowest BCUT2D eigenvalue weighted by atomic mass is 10.0. The summed E-state index contributed by atoms with van der Waals surface area (Å²) < 4.78 is 28.3. The number of fused-ring (bicyclic) bond motifs is 1. The van der Waals surface area contributed by atoms with E-state index in [0.717, 1.165) is 46.6 Å². The molecule has 0 aliphatic carbocycles. The molecule has 7 nitrogen and oxygen atoms in total. The van der Waals surface area contributed by atoms with Gasteiger partial charge in [0.15, 0.2) is 0 Å². The van der Waals surface area contributed by atoms with Gasteiger partial charge in [-0.25, -0.2) is 4.39 Å². The number of nitrogens with zero attached hydrogens (tertiary/aromatic N) is 1. The van der Waals surface area contributed by atoms with Crippen molar-refractivity contribution in [2.24, 2.45) is 0 Å². The minimum absolute atomic E-state index is 0.0191. The number of ether oxygens (including phenoxy) is 2. The van der Waals surface area contributed by atoms with E-state index in [1.54, 1.807) is 17.6 Å². The monoisotopic (exact) mass is 601 g/mol. The zero-order chi connectivity index (χ0) is 31.8. The fraction of sp³-hybridized carbons (Fsp3) is 0.333. The molecule has 0 amide bonds. The smallest absolute Gasteiger partial charge is 0.323 e. The number of carboxylic acid groups (broad SMARTS) is 2. The lowest BCUT2D eigenvalue weighted by molar-refractivity contribution is -0.138. The van der Waals surface area contributed by atoms with Crippen LogP contribution in [-0.4, -0.2) is 39.9 Å². The van der Waals surface area contributed by atoms with Crippen LogP contribution in [0.5, 0.6) is 11.5 Å². The Morgan fingerprint density at radius 3 is 2.14 bits per heavy atom. The highest BCUT2D eigenvalue weighted by Gasteiger charge is 2.19. The molecule has 1 aromatic heterocycles. The van der Waals surface area contributed by atoms with Gasteiger partial charge in [-0.15, -0.1) is 0 Å². The van der Waals surface area contributed by atoms with Crippen molar-refractivity contribution in [1.29, 1.82) is 0 Å². The molecule has 0 atom stereocenters. The van der Waals surface area contributed by atoms with Crippen LogP contribution in [0.2, 0.25) is 0 Å². The van der Waals surface area contributed by atoms with E-state index < -0.39 is 17.8 Å². The average molecular weight is 602 g/mol. The lowest BCUT2D eigenvalue weighted by Gasteiger charge is -2.13. The average Bonchev–Trinajstić information content (AvgIpc) is 3.20. The number of aliphatic carboxylic acids is 2. The van der Waals surface area contributed by atoms with Crippen LogP contribution < -0.4 is 9.47 Å². The summed E-state index contributed by atoms with van der Waals surface area (Å²) in [5, 5.41) is 19.2. The maximum atomic E-state index is 14.8. The quantitative estimate of drug-likeness (QED) is 0.106. The molecule has 232 valence electrons. The van der Waals surface area contributed by atoms with Crippen molar-refractivity contribution in [1.82, 2.24) is 4.57 Å². The van der Waals surface area contributed by atoms with Crippen LogP contribution in [0.25, 0.3) is 23.1 Å². The van der Waals surface area contributed by atoms with E-state index in [-0.39, 0.29) is 13.0 Å². The second-order valence-electron chi connectivity index (χ2n) is 11.2. The molecule has 0 unspecified atom stereocenters. The molecule has 0 fully saturated rings. The van der Waals surface area contributed by atoms with Crippen LogP contribution >= 0.6 is 0 Å². The molecular formula is C36H40FNO6. The zero-order valence-corrected chi connectivity index (χ0v) is 25.8. The van der Waals surface area contributed by atoms with E-state index in [2.05, 4.69) is 32.9 Å². The summed E-state index contributed by atoms with van der Waals surface area (Å²) in [6.45, 7) is 8.93. The van der Waals surface area contributed by atoms with E-state index in [0.29, 0.717) is 48.2 Å². The minimum atomic E-state index is -1.01. The first-order valence-corrected chi connectivity index (χ1v) is 14.9. The molecule has 0 spiro atoms. The number of rotatable bonds is 15. The number of hydrogen-bond donors (Lipinski definition) is 2. The van der Waals surface area contributed by atoms with Crippen LogP contribution in [0.15, 0.2) is 48.5 Å². The van der Waals surface area contributed by atoms with Gasteiger partial charge >= 0.3 is 11.9 Å². The van der Waals surface area contributed by atoms with Crippen molar-refractivity contribution in [3.05, 3.63) is 93.4 Å². The summed E-state index contributed by atoms with van der Waals surface area (Å²) in [7, 11) is 0. The van der Waals surface area contributed by atoms with Crippen LogP contribution in [-0.2, 0) is 22.6 Å². The molecule has 44 heavy (non-hydrogen) atoms. The summed E-state index contributed by atoms with van der Waals surface area (Å²) in [6.07, 6.45) is 6.12. The number of aryl methyl sites for hydroxylation is 4. The Morgan fingerprint density at radius 2 is 1.50 bits per heavy atom. The van der Waals surface area contributed by atoms with Gasteiger partial charge in [-0.1, -0.05) is 42.0 Å². The second kappa shape index (κ2) is 14.7. The van der Waals surface area contributed by atoms with Crippen LogP contribution in [0.1, 0.15) is 64.8 Å². The molecule has 0 radical (unpaired) electrons. The third-order valence-electron chi connectivity index (χ3n) is 7.65. The fourth-order valence-electron chi connectivity index (χ4n) is 5.69. The summed E-state index contributed by atoms with van der Waals surface area (Å²) >= 11 is 0. The van der Waals surface area contributed by atoms with Crippen molar-refractivity contribution >= 4 is 35.0 Å². The van der Waals surface area contributed by atoms with Crippen LogP contribution in [0.3, 0.4) is 0 Å². The Morgan fingerprint density at radius 1 is 0.841 bits per heavy atom. The van der Waals surface area contributed by atoms with Gasteiger partial charge in [0.25, 0.3) is 0 Å². The standard InChI is InChI=1S/C36H40FNO6/c1-23-18-24(2)36(25(3)19-23)44-17-6-5-16-43-30-14-11-27(12-15-30)10-13-28-20-29(37)21-32-31(8-7-9-33(39)40)26(4)38(35(28)32)22-34(41)42/h10-15,18-21H,5-9,16-17,22H2,1-4H3,(H,39,40)(H,41,42). The number of carbonyl (C=O) groups is 2. The van der Waals surface area contributed by atoms with E-state index in [9.17, 15) is 19.1 Å². The van der Waals surface area contributed by atoms with Crippen molar-refractivity contribution in [2.75, 3.05) is 13.2 Å². The van der Waals surface area contributed by atoms with Gasteiger partial charge < -0.3 is 24.3 Å². The van der Waals surface area contributed by atoms with Crippen molar-refractivity contribution in [3.8, 4) is 11.5 Å². The molecule has 0 aliphatic rings. The highest BCUT2D eigenvalue weighted by atomic mass is 19.1. The molecule has 4 aromatic rings. The molecule has 0 aliphatic heterocycles. The van der Waals surface area contributed by atoms with Gasteiger partial charge in [-0.3, -0.25) is 9.59 Å². The van der Waals surface area contributed by atoms with Crippen LogP contribution in [0, 0.1) is 33.5 Å². The summed E-state index contributed by atoms with van der Waals surface area (Å²) in [5.74, 6) is -0.654. The molecule has 3 aromatic carbocycles. The maximum Gasteiger partial charge on any atom is 0.323 e. The van der Waals surface area contributed by atoms with Crippen molar-refractivity contribution < 1.29 is 33.7 Å². The first-order valence-electron chi connectivity index (χ1n) is 14.9. The third kappa shape index (κ3) is 8.28. The number of carboxylic acids is 2. The first-order chi connectivity index (χ1) is 21.0. The molecule has 2 N–H and O–H groups in total. The molecule has 0 bridgehead atoms. The Kier molecular flexibility index (Phi) is 10.8. The Labute approximate surface area is 257 Å². The van der Waals surface area contributed by atoms with Gasteiger partial charge in [-0.2, -0.15) is 0 Å². The van der Waals surface area contributed by atoms with Gasteiger partial charge in [0.1, 0.15) is 23.9 Å². The molecule has 1 heterocycles. The van der Waals surface area contributed by atoms with Crippen molar-refractivity contribution in [2.45, 2.75) is 66.3 Å². The molecule has 0 saturated heterocycles. The minimum Gasteiger partial charge on any atom is -0.494 e. The molecule has 0 saturated carbocycles. The van der Waals surface area contributed by atoms with E-state index >= 15 is 0 Å². The number of unbranched alkanes of at least 4 members (excludes halogenated alkanes) is 1. The van der Waals surface area contributed by atoms with Gasteiger partial charge in [0, 0.05) is 23.1 Å². The predicted octanol–water partition coefficient (Wildman–Crippen LogP) is 7.91. The number of hydrogen-bond acceptors (Lipinski definition) is 4. The normalized spacial score (nSPS) is 11.4. The molecule has 4 rings (SSSR count). The second-order valence-corrected chi connectivity index (χ2v) is 11.2. The SMILES string of the molecule is Cc1cc(C)c(OCCCCOc2ccc(C=Cc3cc(F)cc4c(CCCC(=O)O)c(C)n(CC(=O)O)c34)cc2)c(C)c1. The summed E-state index contributed by atoms with van der Waals surface area (Å²) in [5.41, 5.74) is 7.04. The fourth-order valence-corrected chi connectivity index (χ4v) is 5.69. The maximum absolute atomic E-state index is 14.8. The predicted molar refractivity (Wildman–Crippen MR) is 171 cm³/mol. The number of aromatic nitrogens is 1. The molecular weight excluding hydrogens is 561 g/mol. The summed E-state index contributed by atoms with van der Waals surface area (Å²) in [6, 6.07) is 14.6. The van der Waals surface area contributed by atoms with Gasteiger partial charge in [0.2, 0.25) is 0 Å². The zero-order valence-electron chi connectivity index (χ0n) is 25.8. The Hall–Kier alpha value is -4.59. The largest absolute Gasteiger partial charge is 0.494 e. The van der Waals surface area contributed by atoms with Gasteiger partial charge in [0.05, 0.1) is 18.7 Å².